The van der Waals surface area contributed by atoms with E-state index in [1.807, 2.05) is 30.3 Å². The molecule has 126 valence electrons. The van der Waals surface area contributed by atoms with Crippen LogP contribution in [0, 0.1) is 10.1 Å². The van der Waals surface area contributed by atoms with Gasteiger partial charge in [0.25, 0.3) is 5.69 Å². The third kappa shape index (κ3) is 4.32. The summed E-state index contributed by atoms with van der Waals surface area (Å²) in [5, 5.41) is 11.3. The Balaban J connectivity index is 2.26. The fourth-order valence-corrected chi connectivity index (χ4v) is 2.57. The van der Waals surface area contributed by atoms with Crippen LogP contribution in [0.4, 0.5) is 16.2 Å². The Morgan fingerprint density at radius 1 is 1.25 bits per heavy atom. The maximum atomic E-state index is 12.5. The number of carbonyl (C=O) groups excluding carboxylic acids is 1. The molecule has 0 spiro atoms. The van der Waals surface area contributed by atoms with Crippen molar-refractivity contribution in [2.24, 2.45) is 0 Å². The molecule has 0 saturated heterocycles. The molecule has 0 fully saturated rings. The van der Waals surface area contributed by atoms with E-state index in [2.05, 4.69) is 15.9 Å². The minimum atomic E-state index is -0.626. The summed E-state index contributed by atoms with van der Waals surface area (Å²) >= 11 is 3.21. The molecule has 6 nitrogen and oxygen atoms in total. The number of amides is 1. The summed E-state index contributed by atoms with van der Waals surface area (Å²) in [6.45, 7) is 3.65. The molecule has 0 aliphatic heterocycles. The molecule has 0 N–H and O–H groups in total. The molecule has 0 aliphatic carbocycles. The van der Waals surface area contributed by atoms with Gasteiger partial charge in [0.2, 0.25) is 0 Å². The molecule has 0 aromatic heterocycles. The van der Waals surface area contributed by atoms with Crippen LogP contribution >= 0.6 is 15.9 Å². The predicted molar refractivity (Wildman–Crippen MR) is 95.0 cm³/mol. The fourth-order valence-electron chi connectivity index (χ4n) is 2.22. The Bertz CT molecular complexity index is 735. The number of hydrogen-bond donors (Lipinski definition) is 0. The van der Waals surface area contributed by atoms with Gasteiger partial charge >= 0.3 is 6.09 Å². The quantitative estimate of drug-likeness (QED) is 0.535. The zero-order valence-electron chi connectivity index (χ0n) is 13.3. The molecule has 2 aromatic rings. The van der Waals surface area contributed by atoms with Crippen LogP contribution in [-0.4, -0.2) is 17.1 Å². The van der Waals surface area contributed by atoms with Crippen LogP contribution in [0.15, 0.2) is 53.0 Å². The Morgan fingerprint density at radius 2 is 1.92 bits per heavy atom. The third-order valence-electron chi connectivity index (χ3n) is 3.31. The van der Waals surface area contributed by atoms with Gasteiger partial charge < -0.3 is 4.74 Å². The van der Waals surface area contributed by atoms with Crippen LogP contribution in [0.1, 0.15) is 19.4 Å². The number of nitro benzene ring substituents is 1. The van der Waals surface area contributed by atoms with Crippen molar-refractivity contribution in [2.75, 3.05) is 4.90 Å². The van der Waals surface area contributed by atoms with Gasteiger partial charge in [-0.15, -0.1) is 0 Å². The van der Waals surface area contributed by atoms with Crippen LogP contribution in [0.3, 0.4) is 0 Å². The SMILES string of the molecule is CC(C)N(C(=O)OCc1ccccc1)c1ccc(Br)cc1[N+](=O)[O-]. The molecule has 24 heavy (non-hydrogen) atoms. The summed E-state index contributed by atoms with van der Waals surface area (Å²) in [6.07, 6.45) is -0.626. The molecule has 0 bridgehead atoms. The van der Waals surface area contributed by atoms with E-state index >= 15 is 0 Å². The van der Waals surface area contributed by atoms with E-state index in [0.29, 0.717) is 4.47 Å². The van der Waals surface area contributed by atoms with E-state index in [1.54, 1.807) is 19.9 Å². The van der Waals surface area contributed by atoms with Gasteiger partial charge in [0, 0.05) is 16.6 Å². The first-order valence-corrected chi connectivity index (χ1v) is 8.13. The van der Waals surface area contributed by atoms with Gasteiger partial charge in [-0.2, -0.15) is 0 Å². The average molecular weight is 393 g/mol. The zero-order chi connectivity index (χ0) is 17.7. The molecule has 7 heteroatoms. The lowest BCUT2D eigenvalue weighted by Crippen LogP contribution is -2.37. The van der Waals surface area contributed by atoms with Gasteiger partial charge in [-0.05, 0) is 31.5 Å². The second-order valence-corrected chi connectivity index (χ2v) is 6.31. The van der Waals surface area contributed by atoms with Crippen molar-refractivity contribution in [1.29, 1.82) is 0 Å². The van der Waals surface area contributed by atoms with E-state index in [1.165, 1.54) is 17.0 Å². The standard InChI is InChI=1S/C17H17BrN2O4/c1-12(2)19(15-9-8-14(18)10-16(15)20(22)23)17(21)24-11-13-6-4-3-5-7-13/h3-10,12H,11H2,1-2H3. The lowest BCUT2D eigenvalue weighted by molar-refractivity contribution is -0.384. The molecule has 0 radical (unpaired) electrons. The maximum absolute atomic E-state index is 12.5. The normalized spacial score (nSPS) is 10.5. The number of anilines is 1. The van der Waals surface area contributed by atoms with Gasteiger partial charge in [-0.1, -0.05) is 46.3 Å². The van der Waals surface area contributed by atoms with Crippen LogP contribution in [0.2, 0.25) is 0 Å². The van der Waals surface area contributed by atoms with E-state index in [0.717, 1.165) is 5.56 Å². The second-order valence-electron chi connectivity index (χ2n) is 5.39. The molecule has 2 rings (SSSR count). The van der Waals surface area contributed by atoms with Gasteiger partial charge in [-0.3, -0.25) is 15.0 Å². The highest BCUT2D eigenvalue weighted by Crippen LogP contribution is 2.33. The molecule has 0 saturated carbocycles. The summed E-state index contributed by atoms with van der Waals surface area (Å²) in [5.74, 6) is 0. The summed E-state index contributed by atoms with van der Waals surface area (Å²) in [5.41, 5.74) is 0.894. The fraction of sp³-hybridized carbons (Fsp3) is 0.235. The van der Waals surface area contributed by atoms with Crippen molar-refractivity contribution in [3.05, 3.63) is 68.7 Å². The van der Waals surface area contributed by atoms with E-state index < -0.39 is 11.0 Å². The first kappa shape index (κ1) is 17.9. The molecule has 0 heterocycles. The Kier molecular flexibility index (Phi) is 5.92. The average Bonchev–Trinajstić information content (AvgIpc) is 2.55. The number of benzene rings is 2. The smallest absolute Gasteiger partial charge is 0.415 e. The lowest BCUT2D eigenvalue weighted by Gasteiger charge is -2.25. The molecule has 0 atom stereocenters. The van der Waals surface area contributed by atoms with Gasteiger partial charge in [0.15, 0.2) is 0 Å². The molecular weight excluding hydrogens is 376 g/mol. The zero-order valence-corrected chi connectivity index (χ0v) is 14.9. The second kappa shape index (κ2) is 7.92. The lowest BCUT2D eigenvalue weighted by atomic mass is 10.2. The number of hydrogen-bond acceptors (Lipinski definition) is 4. The minimum absolute atomic E-state index is 0.104. The van der Waals surface area contributed by atoms with Crippen molar-refractivity contribution in [3.8, 4) is 0 Å². The summed E-state index contributed by atoms with van der Waals surface area (Å²) < 4.78 is 5.89. The number of halogens is 1. The number of nitro groups is 1. The van der Waals surface area contributed by atoms with Crippen LogP contribution < -0.4 is 4.90 Å². The van der Waals surface area contributed by atoms with Crippen LogP contribution in [0.5, 0.6) is 0 Å². The Labute approximate surface area is 148 Å². The first-order chi connectivity index (χ1) is 11.4. The minimum Gasteiger partial charge on any atom is -0.444 e. The predicted octanol–water partition coefficient (Wildman–Crippen LogP) is 4.91. The van der Waals surface area contributed by atoms with E-state index in [4.69, 9.17) is 4.74 Å². The van der Waals surface area contributed by atoms with Crippen molar-refractivity contribution in [1.82, 2.24) is 0 Å². The Morgan fingerprint density at radius 3 is 2.50 bits per heavy atom. The van der Waals surface area contributed by atoms with E-state index in [-0.39, 0.29) is 24.0 Å². The summed E-state index contributed by atoms with van der Waals surface area (Å²) in [7, 11) is 0. The number of ether oxygens (including phenoxy) is 1. The summed E-state index contributed by atoms with van der Waals surface area (Å²) in [4.78, 5) is 24.6. The highest BCUT2D eigenvalue weighted by atomic mass is 79.9. The summed E-state index contributed by atoms with van der Waals surface area (Å²) in [6, 6.07) is 13.5. The van der Waals surface area contributed by atoms with Crippen molar-refractivity contribution in [3.63, 3.8) is 0 Å². The molecule has 0 aliphatic rings. The monoisotopic (exact) mass is 392 g/mol. The maximum Gasteiger partial charge on any atom is 0.415 e. The van der Waals surface area contributed by atoms with Crippen LogP contribution in [0.25, 0.3) is 0 Å². The molecule has 0 unspecified atom stereocenters. The third-order valence-corrected chi connectivity index (χ3v) is 3.81. The van der Waals surface area contributed by atoms with Crippen molar-refractivity contribution >= 4 is 33.4 Å². The number of nitrogens with zero attached hydrogens (tertiary/aromatic N) is 2. The van der Waals surface area contributed by atoms with Gasteiger partial charge in [0.1, 0.15) is 12.3 Å². The van der Waals surface area contributed by atoms with E-state index in [9.17, 15) is 14.9 Å². The first-order valence-electron chi connectivity index (χ1n) is 7.34. The molecule has 2 aromatic carbocycles. The number of carbonyl (C=O) groups is 1. The molecule has 1 amide bonds. The van der Waals surface area contributed by atoms with Gasteiger partial charge in [0.05, 0.1) is 4.92 Å². The van der Waals surface area contributed by atoms with Crippen molar-refractivity contribution in [2.45, 2.75) is 26.5 Å². The Hall–Kier alpha value is -2.41. The molecular formula is C17H17BrN2O4. The van der Waals surface area contributed by atoms with Crippen molar-refractivity contribution < 1.29 is 14.5 Å². The number of rotatable bonds is 5. The highest BCUT2D eigenvalue weighted by Gasteiger charge is 2.28. The largest absolute Gasteiger partial charge is 0.444 e. The van der Waals surface area contributed by atoms with Gasteiger partial charge in [-0.25, -0.2) is 4.79 Å². The topological polar surface area (TPSA) is 72.7 Å². The van der Waals surface area contributed by atoms with Crippen LogP contribution in [-0.2, 0) is 11.3 Å². The highest BCUT2D eigenvalue weighted by molar-refractivity contribution is 9.10.